The van der Waals surface area contributed by atoms with E-state index < -0.39 is 7.60 Å². The second-order valence-corrected chi connectivity index (χ2v) is 5.71. The average Bonchev–Trinajstić information content (AvgIpc) is 2.02. The van der Waals surface area contributed by atoms with E-state index >= 15 is 0 Å². The Kier molecular flexibility index (Phi) is 7.05. The molecular weight excluding hydrogens is 191 g/mol. The third-order valence-corrected chi connectivity index (χ3v) is 4.31. The Morgan fingerprint density at radius 1 is 1.25 bits per heavy atom. The van der Waals surface area contributed by atoms with Crippen LogP contribution in [-0.4, -0.2) is 29.6 Å². The van der Waals surface area contributed by atoms with Crippen LogP contribution in [0, 0.1) is 0 Å². The Labute approximate surface area is 77.8 Å². The Balaban J connectivity index is 3.90. The standard InChI is InChI=1S/C7H19O3PSi/c1-3-9-11(8,10-4-2)6-5-7-12/h3-7H2,1-2,12H3. The van der Waals surface area contributed by atoms with E-state index in [-0.39, 0.29) is 0 Å². The molecule has 0 fully saturated rings. The van der Waals surface area contributed by atoms with Gasteiger partial charge in [-0.1, -0.05) is 6.04 Å². The number of hydrogen-bond acceptors (Lipinski definition) is 3. The van der Waals surface area contributed by atoms with E-state index in [0.29, 0.717) is 19.4 Å². The molecule has 0 radical (unpaired) electrons. The van der Waals surface area contributed by atoms with Crippen molar-refractivity contribution >= 4 is 17.8 Å². The van der Waals surface area contributed by atoms with Crippen LogP contribution in [-0.2, 0) is 13.6 Å². The molecule has 0 atom stereocenters. The van der Waals surface area contributed by atoms with Crippen LogP contribution >= 0.6 is 7.60 Å². The van der Waals surface area contributed by atoms with E-state index in [9.17, 15) is 4.57 Å². The van der Waals surface area contributed by atoms with Gasteiger partial charge in [-0.25, -0.2) is 0 Å². The summed E-state index contributed by atoms with van der Waals surface area (Å²) in [5.41, 5.74) is 0. The van der Waals surface area contributed by atoms with E-state index in [1.165, 1.54) is 0 Å². The van der Waals surface area contributed by atoms with Crippen molar-refractivity contribution in [3.05, 3.63) is 0 Å². The van der Waals surface area contributed by atoms with Crippen molar-refractivity contribution in [1.82, 2.24) is 0 Å². The Hall–Kier alpha value is 0.367. The maximum atomic E-state index is 11.7. The molecule has 0 unspecified atom stereocenters. The monoisotopic (exact) mass is 210 g/mol. The average molecular weight is 210 g/mol. The predicted octanol–water partition coefficient (Wildman–Crippen LogP) is 1.43. The highest BCUT2D eigenvalue weighted by atomic mass is 31.2. The quantitative estimate of drug-likeness (QED) is 0.471. The summed E-state index contributed by atoms with van der Waals surface area (Å²) in [6, 6.07) is 1.16. The fourth-order valence-corrected chi connectivity index (χ4v) is 3.68. The number of rotatable bonds is 7. The van der Waals surface area contributed by atoms with Crippen molar-refractivity contribution in [2.45, 2.75) is 26.3 Å². The zero-order chi connectivity index (χ0) is 9.45. The van der Waals surface area contributed by atoms with Gasteiger partial charge in [0, 0.05) is 16.4 Å². The Morgan fingerprint density at radius 3 is 2.08 bits per heavy atom. The first-order chi connectivity index (χ1) is 5.68. The SMILES string of the molecule is CCOP(=O)(CCC[SiH3])OCC. The van der Waals surface area contributed by atoms with Crippen LogP contribution in [0.5, 0.6) is 0 Å². The van der Waals surface area contributed by atoms with Gasteiger partial charge in [0.25, 0.3) is 0 Å². The summed E-state index contributed by atoms with van der Waals surface area (Å²) in [7, 11) is -1.56. The van der Waals surface area contributed by atoms with E-state index in [1.807, 2.05) is 13.8 Å². The lowest BCUT2D eigenvalue weighted by molar-refractivity contribution is 0.220. The van der Waals surface area contributed by atoms with E-state index in [2.05, 4.69) is 0 Å². The first-order valence-corrected chi connectivity index (χ1v) is 7.70. The topological polar surface area (TPSA) is 35.5 Å². The van der Waals surface area contributed by atoms with Gasteiger partial charge in [-0.05, 0) is 20.3 Å². The van der Waals surface area contributed by atoms with Gasteiger partial charge in [-0.3, -0.25) is 4.57 Å². The maximum Gasteiger partial charge on any atom is 0.330 e. The Bertz CT molecular complexity index is 142. The first kappa shape index (κ1) is 12.4. The summed E-state index contributed by atoms with van der Waals surface area (Å²) >= 11 is 0. The zero-order valence-corrected chi connectivity index (χ0v) is 11.1. The van der Waals surface area contributed by atoms with Crippen molar-refractivity contribution in [1.29, 1.82) is 0 Å². The molecule has 0 aromatic carbocycles. The van der Waals surface area contributed by atoms with Crippen LogP contribution in [0.2, 0.25) is 6.04 Å². The summed E-state index contributed by atoms with van der Waals surface area (Å²) in [6.45, 7) is 4.62. The van der Waals surface area contributed by atoms with Crippen molar-refractivity contribution in [3.8, 4) is 0 Å². The molecule has 0 heterocycles. The lowest BCUT2D eigenvalue weighted by atomic mass is 10.6. The smallest absolute Gasteiger partial charge is 0.309 e. The summed E-state index contributed by atoms with van der Waals surface area (Å²) in [6.07, 6.45) is 1.54. The van der Waals surface area contributed by atoms with Crippen molar-refractivity contribution < 1.29 is 13.6 Å². The van der Waals surface area contributed by atoms with Crippen LogP contribution in [0.15, 0.2) is 0 Å². The molecule has 0 aromatic rings. The lowest BCUT2D eigenvalue weighted by Crippen LogP contribution is -1.99. The molecule has 0 aliphatic carbocycles. The van der Waals surface area contributed by atoms with Crippen molar-refractivity contribution in [3.63, 3.8) is 0 Å². The van der Waals surface area contributed by atoms with E-state index in [4.69, 9.17) is 9.05 Å². The minimum atomic E-state index is -2.71. The molecule has 12 heavy (non-hydrogen) atoms. The first-order valence-electron chi connectivity index (χ1n) is 4.56. The second-order valence-electron chi connectivity index (χ2n) is 2.52. The van der Waals surface area contributed by atoms with Gasteiger partial charge in [-0.2, -0.15) is 0 Å². The van der Waals surface area contributed by atoms with Gasteiger partial charge in [0.2, 0.25) is 0 Å². The Morgan fingerprint density at radius 2 is 1.75 bits per heavy atom. The molecule has 0 saturated carbocycles. The van der Waals surface area contributed by atoms with Crippen molar-refractivity contribution in [2.24, 2.45) is 0 Å². The second kappa shape index (κ2) is 6.84. The van der Waals surface area contributed by atoms with Gasteiger partial charge in [0.05, 0.1) is 13.2 Å². The summed E-state index contributed by atoms with van der Waals surface area (Å²) in [5, 5.41) is 0. The fraction of sp³-hybridized carbons (Fsp3) is 1.00. The van der Waals surface area contributed by atoms with Crippen LogP contribution in [0.25, 0.3) is 0 Å². The van der Waals surface area contributed by atoms with Crippen molar-refractivity contribution in [2.75, 3.05) is 19.4 Å². The zero-order valence-electron chi connectivity index (χ0n) is 8.21. The highest BCUT2D eigenvalue weighted by Gasteiger charge is 2.21. The van der Waals surface area contributed by atoms with Crippen LogP contribution in [0.3, 0.4) is 0 Å². The molecule has 3 nitrogen and oxygen atoms in total. The molecule has 5 heteroatoms. The van der Waals surface area contributed by atoms with Gasteiger partial charge < -0.3 is 9.05 Å². The summed E-state index contributed by atoms with van der Waals surface area (Å²) < 4.78 is 22.0. The molecule has 0 bridgehead atoms. The fourth-order valence-electron chi connectivity index (χ4n) is 0.912. The molecule has 0 N–H and O–H groups in total. The molecule has 0 aliphatic heterocycles. The highest BCUT2D eigenvalue weighted by molar-refractivity contribution is 7.53. The molecule has 0 aliphatic rings. The van der Waals surface area contributed by atoms with Crippen LogP contribution in [0.4, 0.5) is 0 Å². The third kappa shape index (κ3) is 5.09. The van der Waals surface area contributed by atoms with Gasteiger partial charge in [0.15, 0.2) is 0 Å². The molecular formula is C7H19O3PSi. The van der Waals surface area contributed by atoms with Gasteiger partial charge >= 0.3 is 7.60 Å². The molecule has 74 valence electrons. The van der Waals surface area contributed by atoms with Crippen LogP contribution in [0.1, 0.15) is 20.3 Å². The number of hydrogen-bond donors (Lipinski definition) is 0. The van der Waals surface area contributed by atoms with Crippen LogP contribution < -0.4 is 0 Å². The molecule has 0 aromatic heterocycles. The minimum Gasteiger partial charge on any atom is -0.309 e. The molecule has 0 saturated heterocycles. The van der Waals surface area contributed by atoms with E-state index in [0.717, 1.165) is 22.7 Å². The van der Waals surface area contributed by atoms with Gasteiger partial charge in [-0.15, -0.1) is 0 Å². The van der Waals surface area contributed by atoms with E-state index in [1.54, 1.807) is 0 Å². The minimum absolute atomic E-state index is 0.471. The molecule has 0 amide bonds. The summed E-state index contributed by atoms with van der Waals surface area (Å²) in [4.78, 5) is 0. The van der Waals surface area contributed by atoms with Gasteiger partial charge in [0.1, 0.15) is 0 Å². The largest absolute Gasteiger partial charge is 0.330 e. The highest BCUT2D eigenvalue weighted by Crippen LogP contribution is 2.48. The third-order valence-electron chi connectivity index (χ3n) is 1.44. The molecule has 0 spiro atoms. The predicted molar refractivity (Wildman–Crippen MR) is 55.1 cm³/mol. The lowest BCUT2D eigenvalue weighted by Gasteiger charge is -2.15. The molecule has 0 rings (SSSR count). The maximum absolute atomic E-state index is 11.7. The normalized spacial score (nSPS) is 12.2. The summed E-state index contributed by atoms with van der Waals surface area (Å²) in [5.74, 6) is 0.